The van der Waals surface area contributed by atoms with Gasteiger partial charge in [-0.15, -0.1) is 0 Å². The molecule has 0 unspecified atom stereocenters. The van der Waals surface area contributed by atoms with Gasteiger partial charge in [-0.2, -0.15) is 14.6 Å². The second kappa shape index (κ2) is 9.22. The van der Waals surface area contributed by atoms with Gasteiger partial charge in [-0.25, -0.2) is 0 Å². The van der Waals surface area contributed by atoms with E-state index >= 15 is 0 Å². The quantitative estimate of drug-likeness (QED) is 0.423. The van der Waals surface area contributed by atoms with Crippen LogP contribution in [0.15, 0.2) is 28.9 Å². The zero-order valence-corrected chi connectivity index (χ0v) is 16.1. The van der Waals surface area contributed by atoms with Gasteiger partial charge in [-0.3, -0.25) is 10.1 Å². The molecule has 26 heavy (non-hydrogen) atoms. The molecule has 1 amide bonds. The van der Waals surface area contributed by atoms with Crippen LogP contribution in [-0.4, -0.2) is 33.2 Å². The molecule has 2 N–H and O–H groups in total. The van der Waals surface area contributed by atoms with Gasteiger partial charge in [-0.05, 0) is 29.7 Å². The lowest BCUT2D eigenvalue weighted by Crippen LogP contribution is -2.13. The number of methoxy groups -OCH3 is 1. The summed E-state index contributed by atoms with van der Waals surface area (Å²) >= 11 is 2.59. The lowest BCUT2D eigenvalue weighted by Gasteiger charge is -2.04. The number of rotatable bonds is 7. The normalized spacial score (nSPS) is 11.3. The summed E-state index contributed by atoms with van der Waals surface area (Å²) in [5.41, 5.74) is 0.459. The summed E-state index contributed by atoms with van der Waals surface area (Å²) in [6, 6.07) is 6.41. The third-order valence-electron chi connectivity index (χ3n) is 3.05. The fourth-order valence-electron chi connectivity index (χ4n) is 1.82. The van der Waals surface area contributed by atoms with Crippen LogP contribution >= 0.6 is 23.3 Å². The summed E-state index contributed by atoms with van der Waals surface area (Å²) in [5, 5.41) is 22.4. The Bertz CT molecular complexity index is 856. The third-order valence-corrected chi connectivity index (χ3v) is 5.07. The standard InChI is InChI=1S/C17H18N4O3S2/c1-10(2)9-25-17-20-16(26-21-17)19-15(23)12(8-18)6-11-4-5-13(22)14(7-11)24-3/h4-7,10,22H,9H2,1-3H3,(H,19,20,21,23)/b12-6-. The molecule has 0 radical (unpaired) electrons. The minimum Gasteiger partial charge on any atom is -0.504 e. The first-order chi connectivity index (χ1) is 12.4. The Morgan fingerprint density at radius 2 is 2.31 bits per heavy atom. The number of aromatic hydroxyl groups is 1. The molecule has 0 atom stereocenters. The van der Waals surface area contributed by atoms with E-state index in [4.69, 9.17) is 4.74 Å². The number of nitrogens with zero attached hydrogens (tertiary/aromatic N) is 3. The predicted molar refractivity (Wildman–Crippen MR) is 102 cm³/mol. The molecule has 0 spiro atoms. The topological polar surface area (TPSA) is 108 Å². The molecular formula is C17H18N4O3S2. The number of ether oxygens (including phenoxy) is 1. The van der Waals surface area contributed by atoms with E-state index in [1.807, 2.05) is 6.07 Å². The highest BCUT2D eigenvalue weighted by Gasteiger charge is 2.14. The molecule has 7 nitrogen and oxygen atoms in total. The molecule has 0 aliphatic rings. The maximum Gasteiger partial charge on any atom is 0.268 e. The van der Waals surface area contributed by atoms with Crippen LogP contribution in [0.4, 0.5) is 5.13 Å². The van der Waals surface area contributed by atoms with Crippen molar-refractivity contribution in [3.8, 4) is 17.6 Å². The smallest absolute Gasteiger partial charge is 0.268 e. The summed E-state index contributed by atoms with van der Waals surface area (Å²) in [6.45, 7) is 4.20. The van der Waals surface area contributed by atoms with Crippen molar-refractivity contribution < 1.29 is 14.6 Å². The molecule has 1 aromatic carbocycles. The highest BCUT2D eigenvalue weighted by molar-refractivity contribution is 7.99. The molecule has 0 saturated heterocycles. The van der Waals surface area contributed by atoms with E-state index in [0.717, 1.165) is 17.3 Å². The van der Waals surface area contributed by atoms with Crippen molar-refractivity contribution >= 4 is 40.4 Å². The van der Waals surface area contributed by atoms with Crippen LogP contribution in [-0.2, 0) is 4.79 Å². The first-order valence-corrected chi connectivity index (χ1v) is 9.45. The van der Waals surface area contributed by atoms with Crippen LogP contribution in [0.2, 0.25) is 0 Å². The molecule has 0 aliphatic carbocycles. The number of phenolic OH excluding ortho intramolecular Hbond substituents is 1. The van der Waals surface area contributed by atoms with E-state index in [1.165, 1.54) is 37.1 Å². The van der Waals surface area contributed by atoms with E-state index < -0.39 is 5.91 Å². The number of hydrogen-bond acceptors (Lipinski definition) is 8. The molecule has 2 aromatic rings. The largest absolute Gasteiger partial charge is 0.504 e. The second-order valence-electron chi connectivity index (χ2n) is 5.64. The van der Waals surface area contributed by atoms with Gasteiger partial charge in [-0.1, -0.05) is 31.7 Å². The van der Waals surface area contributed by atoms with Crippen molar-refractivity contribution in [3.05, 3.63) is 29.3 Å². The van der Waals surface area contributed by atoms with E-state index in [1.54, 1.807) is 6.07 Å². The van der Waals surface area contributed by atoms with Gasteiger partial charge in [0.1, 0.15) is 11.6 Å². The number of phenols is 1. The molecule has 2 rings (SSSR count). The maximum atomic E-state index is 12.3. The third kappa shape index (κ3) is 5.47. The van der Waals surface area contributed by atoms with Crippen LogP contribution in [0.3, 0.4) is 0 Å². The fourth-order valence-corrected chi connectivity index (χ4v) is 3.31. The van der Waals surface area contributed by atoms with E-state index in [-0.39, 0.29) is 17.1 Å². The Morgan fingerprint density at radius 1 is 1.54 bits per heavy atom. The van der Waals surface area contributed by atoms with Crippen molar-refractivity contribution in [2.45, 2.75) is 19.0 Å². The van der Waals surface area contributed by atoms with Crippen LogP contribution in [0, 0.1) is 17.2 Å². The first kappa shape index (κ1) is 19.8. The first-order valence-electron chi connectivity index (χ1n) is 7.69. The van der Waals surface area contributed by atoms with Gasteiger partial charge >= 0.3 is 0 Å². The number of nitriles is 1. The van der Waals surface area contributed by atoms with Crippen LogP contribution in [0.25, 0.3) is 6.08 Å². The zero-order valence-electron chi connectivity index (χ0n) is 14.5. The van der Waals surface area contributed by atoms with E-state index in [2.05, 4.69) is 28.5 Å². The minimum atomic E-state index is -0.573. The molecule has 0 saturated carbocycles. The highest BCUT2D eigenvalue weighted by Crippen LogP contribution is 2.27. The Balaban J connectivity index is 2.10. The Kier molecular flexibility index (Phi) is 7.00. The minimum absolute atomic E-state index is 0.0205. The summed E-state index contributed by atoms with van der Waals surface area (Å²) in [5.74, 6) is 1.06. The molecular weight excluding hydrogens is 372 g/mol. The van der Waals surface area contributed by atoms with Crippen molar-refractivity contribution in [2.24, 2.45) is 5.92 Å². The van der Waals surface area contributed by atoms with Crippen molar-refractivity contribution in [3.63, 3.8) is 0 Å². The molecule has 9 heteroatoms. The fraction of sp³-hybridized carbons (Fsp3) is 0.294. The van der Waals surface area contributed by atoms with Crippen LogP contribution in [0.5, 0.6) is 11.5 Å². The Labute approximate surface area is 159 Å². The average Bonchev–Trinajstić information content (AvgIpc) is 3.06. The number of nitrogens with one attached hydrogen (secondary N) is 1. The van der Waals surface area contributed by atoms with Crippen molar-refractivity contribution in [1.82, 2.24) is 9.36 Å². The van der Waals surface area contributed by atoms with Gasteiger partial charge in [0.2, 0.25) is 10.3 Å². The number of carbonyl (C=O) groups is 1. The van der Waals surface area contributed by atoms with E-state index in [9.17, 15) is 15.2 Å². The van der Waals surface area contributed by atoms with Gasteiger partial charge < -0.3 is 9.84 Å². The summed E-state index contributed by atoms with van der Waals surface area (Å²) in [4.78, 5) is 16.5. The number of thioether (sulfide) groups is 1. The molecule has 0 bridgehead atoms. The van der Waals surface area contributed by atoms with Crippen LogP contribution in [0.1, 0.15) is 19.4 Å². The lowest BCUT2D eigenvalue weighted by molar-refractivity contribution is -0.112. The SMILES string of the molecule is COc1cc(/C=C(/C#N)C(=O)Nc2nc(SCC(C)C)ns2)ccc1O. The highest BCUT2D eigenvalue weighted by atomic mass is 32.2. The number of benzene rings is 1. The lowest BCUT2D eigenvalue weighted by atomic mass is 10.1. The molecule has 0 aliphatic heterocycles. The molecule has 0 fully saturated rings. The number of hydrogen-bond donors (Lipinski definition) is 2. The van der Waals surface area contributed by atoms with E-state index in [0.29, 0.717) is 21.8 Å². The number of amides is 1. The molecule has 1 aromatic heterocycles. The number of anilines is 1. The summed E-state index contributed by atoms with van der Waals surface area (Å²) in [7, 11) is 1.42. The van der Waals surface area contributed by atoms with Crippen LogP contribution < -0.4 is 10.1 Å². The maximum absolute atomic E-state index is 12.3. The second-order valence-corrected chi connectivity index (χ2v) is 7.38. The van der Waals surface area contributed by atoms with Crippen molar-refractivity contribution in [2.75, 3.05) is 18.2 Å². The molecule has 1 heterocycles. The van der Waals surface area contributed by atoms with Crippen molar-refractivity contribution in [1.29, 1.82) is 5.26 Å². The summed E-state index contributed by atoms with van der Waals surface area (Å²) in [6.07, 6.45) is 1.41. The Morgan fingerprint density at radius 3 is 2.96 bits per heavy atom. The van der Waals surface area contributed by atoms with Gasteiger partial charge in [0.25, 0.3) is 5.91 Å². The Hall–Kier alpha value is -2.57. The van der Waals surface area contributed by atoms with Gasteiger partial charge in [0.15, 0.2) is 11.5 Å². The van der Waals surface area contributed by atoms with Gasteiger partial charge in [0.05, 0.1) is 7.11 Å². The monoisotopic (exact) mass is 390 g/mol. The molecule has 136 valence electrons. The number of aromatic nitrogens is 2. The number of carbonyl (C=O) groups excluding carboxylic acids is 1. The predicted octanol–water partition coefficient (Wildman–Crippen LogP) is 3.55. The average molecular weight is 390 g/mol. The van der Waals surface area contributed by atoms with Gasteiger partial charge in [0, 0.05) is 17.3 Å². The zero-order chi connectivity index (χ0) is 19.1. The summed E-state index contributed by atoms with van der Waals surface area (Å²) < 4.78 is 9.19.